The van der Waals surface area contributed by atoms with E-state index < -0.39 is 29.5 Å². The Morgan fingerprint density at radius 1 is 1.16 bits per heavy atom. The molecule has 1 aliphatic rings. The highest BCUT2D eigenvalue weighted by molar-refractivity contribution is 5.98. The number of aryl methyl sites for hydroxylation is 2. The summed E-state index contributed by atoms with van der Waals surface area (Å²) in [6, 6.07) is 7.76. The van der Waals surface area contributed by atoms with Crippen LogP contribution in [0, 0.1) is 6.57 Å². The number of benzene rings is 2. The second-order valence-electron chi connectivity index (χ2n) is 10.6. The van der Waals surface area contributed by atoms with Gasteiger partial charge in [-0.25, -0.2) is 9.83 Å². The normalized spacial score (nSPS) is 16.9. The molecule has 10 nitrogen and oxygen atoms in total. The van der Waals surface area contributed by atoms with E-state index in [2.05, 4.69) is 20.2 Å². The van der Waals surface area contributed by atoms with Crippen LogP contribution >= 0.6 is 0 Å². The lowest BCUT2D eigenvalue weighted by atomic mass is 10.0. The largest absolute Gasteiger partial charge is 0.493 e. The maximum atomic E-state index is 13.7. The molecule has 1 amide bonds. The van der Waals surface area contributed by atoms with E-state index in [9.17, 15) is 22.8 Å². The van der Waals surface area contributed by atoms with Gasteiger partial charge in [0.05, 0.1) is 42.1 Å². The minimum atomic E-state index is -4.73. The molecule has 4 aromatic rings. The summed E-state index contributed by atoms with van der Waals surface area (Å²) in [5.74, 6) is 0.466. The van der Waals surface area contributed by atoms with Gasteiger partial charge in [0.1, 0.15) is 17.1 Å². The molecule has 2 aromatic heterocycles. The number of carbonyl (C=O) groups is 1. The zero-order valence-electron chi connectivity index (χ0n) is 24.7. The van der Waals surface area contributed by atoms with Crippen LogP contribution in [0.25, 0.3) is 27.3 Å². The summed E-state index contributed by atoms with van der Waals surface area (Å²) in [5, 5.41) is 7.86. The topological polar surface area (TPSA) is 110 Å². The molecule has 2 atom stereocenters. The first-order valence-electron chi connectivity index (χ1n) is 14.4. The first kappa shape index (κ1) is 30.6. The third kappa shape index (κ3) is 5.59. The van der Waals surface area contributed by atoms with Crippen LogP contribution in [-0.2, 0) is 24.4 Å². The summed E-state index contributed by atoms with van der Waals surface area (Å²) in [4.78, 5) is 38.3. The number of hydrogen-bond donors (Lipinski definition) is 2. The van der Waals surface area contributed by atoms with Gasteiger partial charge < -0.3 is 19.9 Å². The van der Waals surface area contributed by atoms with E-state index in [0.717, 1.165) is 24.2 Å². The van der Waals surface area contributed by atoms with Crippen LogP contribution in [-0.4, -0.2) is 44.3 Å². The number of hydrogen-bond acceptors (Lipinski definition) is 6. The van der Waals surface area contributed by atoms with Crippen LogP contribution in [0.5, 0.6) is 5.75 Å². The number of halogens is 3. The van der Waals surface area contributed by atoms with Gasteiger partial charge in [-0.1, -0.05) is 26.3 Å². The number of nitrogens with one attached hydrogen (secondary N) is 2. The van der Waals surface area contributed by atoms with Gasteiger partial charge in [0.15, 0.2) is 11.2 Å². The smallest absolute Gasteiger partial charge is 0.407 e. The van der Waals surface area contributed by atoms with Gasteiger partial charge in [-0.05, 0) is 50.1 Å². The Morgan fingerprint density at radius 2 is 1.93 bits per heavy atom. The molecule has 44 heavy (non-hydrogen) atoms. The highest BCUT2D eigenvalue weighted by atomic mass is 19.4. The quantitative estimate of drug-likeness (QED) is 0.218. The molecule has 0 radical (unpaired) electrons. The zero-order valence-corrected chi connectivity index (χ0v) is 24.7. The van der Waals surface area contributed by atoms with Crippen molar-refractivity contribution >= 4 is 34.0 Å². The molecule has 2 N–H and O–H groups in total. The minimum absolute atomic E-state index is 0.0457. The van der Waals surface area contributed by atoms with E-state index in [0.29, 0.717) is 53.3 Å². The third-order valence-electron chi connectivity index (χ3n) is 7.70. The van der Waals surface area contributed by atoms with Gasteiger partial charge in [-0.2, -0.15) is 18.3 Å². The number of amides is 1. The number of ether oxygens (including phenoxy) is 1. The first-order chi connectivity index (χ1) is 21.0. The number of rotatable bonds is 9. The number of alkyl halides is 3. The molecule has 13 heteroatoms. The van der Waals surface area contributed by atoms with Crippen molar-refractivity contribution in [3.63, 3.8) is 0 Å². The van der Waals surface area contributed by atoms with E-state index in [4.69, 9.17) is 16.3 Å². The van der Waals surface area contributed by atoms with Gasteiger partial charge in [0.25, 0.3) is 5.56 Å². The third-order valence-corrected chi connectivity index (χ3v) is 7.70. The van der Waals surface area contributed by atoms with Crippen molar-refractivity contribution in [3.05, 3.63) is 69.4 Å². The Kier molecular flexibility index (Phi) is 8.36. The SMILES string of the molecule is [C-]#[N+]c1ccc(N2C(=O)C[C@@H](Nc3ccc(OCC)c(-c4nc5c(CCC)nn(C)c5c(=O)[nH]4)c3)[C@@H]2CC)cc1C(F)(F)F. The summed E-state index contributed by atoms with van der Waals surface area (Å²) >= 11 is 0. The van der Waals surface area contributed by atoms with Crippen molar-refractivity contribution in [3.8, 4) is 17.1 Å². The molecule has 0 saturated carbocycles. The van der Waals surface area contributed by atoms with Crippen LogP contribution < -0.4 is 20.5 Å². The van der Waals surface area contributed by atoms with Gasteiger partial charge in [-0.3, -0.25) is 14.3 Å². The van der Waals surface area contributed by atoms with Crippen LogP contribution in [0.2, 0.25) is 0 Å². The molecule has 1 aliphatic heterocycles. The molecule has 2 aromatic carbocycles. The summed E-state index contributed by atoms with van der Waals surface area (Å²) in [6.07, 6.45) is -2.74. The predicted octanol–water partition coefficient (Wildman–Crippen LogP) is 6.24. The Morgan fingerprint density at radius 3 is 2.59 bits per heavy atom. The van der Waals surface area contributed by atoms with Crippen molar-refractivity contribution in [2.24, 2.45) is 7.05 Å². The first-order valence-corrected chi connectivity index (χ1v) is 14.4. The van der Waals surface area contributed by atoms with E-state index in [1.54, 1.807) is 25.2 Å². The lowest BCUT2D eigenvalue weighted by Crippen LogP contribution is -2.39. The lowest BCUT2D eigenvalue weighted by Gasteiger charge is -2.29. The number of aromatic amines is 1. The predicted molar refractivity (Wildman–Crippen MR) is 161 cm³/mol. The van der Waals surface area contributed by atoms with Crippen LogP contribution in [0.3, 0.4) is 0 Å². The lowest BCUT2D eigenvalue weighted by molar-refractivity contribution is -0.136. The van der Waals surface area contributed by atoms with Gasteiger partial charge in [0.2, 0.25) is 5.91 Å². The fourth-order valence-electron chi connectivity index (χ4n) is 5.82. The van der Waals surface area contributed by atoms with E-state index >= 15 is 0 Å². The Labute approximate surface area is 251 Å². The average Bonchev–Trinajstić information content (AvgIpc) is 3.48. The standard InChI is InChI=1S/C31H32F3N7O3/c1-6-9-22-27-28(40(5)39-22)30(43)38-29(37-27)19-14-17(10-13-25(19)44-8-3)36-23-16-26(42)41(24(23)7-2)18-11-12-21(35-4)20(15-18)31(32,33)34/h10-15,23-24,36H,6-9,16H2,1-3,5H3,(H,37,38,43)/t23-,24+/m1/s1. The van der Waals surface area contributed by atoms with E-state index in [1.165, 1.54) is 15.6 Å². The molecular formula is C31H32F3N7O3. The fourth-order valence-corrected chi connectivity index (χ4v) is 5.82. The number of aromatic nitrogens is 4. The number of fused-ring (bicyclic) bond motifs is 1. The molecule has 1 fully saturated rings. The number of carbonyl (C=O) groups excluding carboxylic acids is 1. The molecule has 0 spiro atoms. The number of H-pyrrole nitrogens is 1. The van der Waals surface area contributed by atoms with Gasteiger partial charge in [-0.15, -0.1) is 0 Å². The molecule has 230 valence electrons. The molecular weight excluding hydrogens is 575 g/mol. The highest BCUT2D eigenvalue weighted by Gasteiger charge is 2.41. The fraction of sp³-hybridized carbons (Fsp3) is 0.387. The zero-order chi connectivity index (χ0) is 31.8. The molecule has 0 unspecified atom stereocenters. The molecule has 0 bridgehead atoms. The van der Waals surface area contributed by atoms with E-state index in [-0.39, 0.29) is 23.6 Å². The summed E-state index contributed by atoms with van der Waals surface area (Å²) < 4.78 is 48.4. The summed E-state index contributed by atoms with van der Waals surface area (Å²) in [7, 11) is 1.70. The minimum Gasteiger partial charge on any atom is -0.493 e. The second kappa shape index (κ2) is 12.0. The Hall–Kier alpha value is -4.86. The van der Waals surface area contributed by atoms with Crippen molar-refractivity contribution in [1.29, 1.82) is 0 Å². The van der Waals surface area contributed by atoms with Crippen molar-refractivity contribution in [1.82, 2.24) is 19.7 Å². The van der Waals surface area contributed by atoms with Crippen LogP contribution in [0.15, 0.2) is 41.2 Å². The molecule has 5 rings (SSSR count). The number of nitrogens with zero attached hydrogens (tertiary/aromatic N) is 5. The van der Waals surface area contributed by atoms with Gasteiger partial charge >= 0.3 is 6.18 Å². The van der Waals surface area contributed by atoms with Gasteiger partial charge in [0, 0.05) is 24.8 Å². The summed E-state index contributed by atoms with van der Waals surface area (Å²) in [5.41, 5.74) is 0.909. The number of anilines is 2. The molecule has 3 heterocycles. The maximum Gasteiger partial charge on any atom is 0.407 e. The average molecular weight is 608 g/mol. The Bertz CT molecular complexity index is 1820. The molecule has 0 aliphatic carbocycles. The second-order valence-corrected chi connectivity index (χ2v) is 10.6. The highest BCUT2D eigenvalue weighted by Crippen LogP contribution is 2.41. The van der Waals surface area contributed by atoms with E-state index in [1.807, 2.05) is 20.8 Å². The van der Waals surface area contributed by atoms with Crippen LogP contribution in [0.4, 0.5) is 30.2 Å². The Balaban J connectivity index is 1.51. The van der Waals surface area contributed by atoms with Crippen molar-refractivity contribution in [2.45, 2.75) is 64.7 Å². The molecule has 1 saturated heterocycles. The monoisotopic (exact) mass is 607 g/mol. The van der Waals surface area contributed by atoms with Crippen molar-refractivity contribution in [2.75, 3.05) is 16.8 Å². The van der Waals surface area contributed by atoms with Crippen LogP contribution in [0.1, 0.15) is 51.3 Å². The maximum absolute atomic E-state index is 13.7. The summed E-state index contributed by atoms with van der Waals surface area (Å²) in [6.45, 7) is 13.2. The van der Waals surface area contributed by atoms with Crippen molar-refractivity contribution < 1.29 is 22.7 Å².